The average molecular weight is 703 g/mol. The van der Waals surface area contributed by atoms with Gasteiger partial charge < -0.3 is 36.2 Å². The molecular formula is C33H42N4O11S. The van der Waals surface area contributed by atoms with E-state index in [0.717, 1.165) is 11.5 Å². The molecule has 0 aliphatic carbocycles. The first-order valence-corrected chi connectivity index (χ1v) is 16.9. The van der Waals surface area contributed by atoms with Crippen LogP contribution >= 0.6 is 0 Å². The molecule has 0 radical (unpaired) electrons. The molecule has 0 heterocycles. The Kier molecular flexibility index (Phi) is 15.4. The van der Waals surface area contributed by atoms with Crippen LogP contribution in [0.2, 0.25) is 0 Å². The molecule has 0 spiro atoms. The van der Waals surface area contributed by atoms with Crippen molar-refractivity contribution in [1.82, 2.24) is 21.3 Å². The molecule has 0 aliphatic rings. The monoisotopic (exact) mass is 702 g/mol. The van der Waals surface area contributed by atoms with Crippen LogP contribution in [0.5, 0.6) is 0 Å². The number of rotatable bonds is 18. The zero-order valence-electron chi connectivity index (χ0n) is 27.5. The van der Waals surface area contributed by atoms with Gasteiger partial charge in [0.1, 0.15) is 24.7 Å². The van der Waals surface area contributed by atoms with E-state index in [9.17, 15) is 47.4 Å². The Bertz CT molecular complexity index is 1600. The molecule has 15 nitrogen and oxygen atoms in total. The van der Waals surface area contributed by atoms with Crippen LogP contribution in [0, 0.1) is 5.92 Å². The molecule has 4 amide bonds. The summed E-state index contributed by atoms with van der Waals surface area (Å²) < 4.78 is 29.6. The first kappa shape index (κ1) is 39.9. The fourth-order valence-electron chi connectivity index (χ4n) is 4.24. The van der Waals surface area contributed by atoms with Crippen LogP contribution in [0.3, 0.4) is 0 Å². The van der Waals surface area contributed by atoms with Crippen molar-refractivity contribution in [3.63, 3.8) is 0 Å². The normalized spacial score (nSPS) is 13.9. The Morgan fingerprint density at radius 1 is 0.735 bits per heavy atom. The first-order valence-electron chi connectivity index (χ1n) is 15.3. The van der Waals surface area contributed by atoms with E-state index in [-0.39, 0.29) is 12.2 Å². The minimum Gasteiger partial charge on any atom is -0.481 e. The highest BCUT2D eigenvalue weighted by Gasteiger charge is 2.33. The van der Waals surface area contributed by atoms with Crippen molar-refractivity contribution in [2.24, 2.45) is 5.92 Å². The molecule has 49 heavy (non-hydrogen) atoms. The van der Waals surface area contributed by atoms with E-state index < -0.39 is 93.8 Å². The van der Waals surface area contributed by atoms with Gasteiger partial charge in [-0.1, -0.05) is 80.6 Å². The fourth-order valence-corrected chi connectivity index (χ4v) is 4.96. The van der Waals surface area contributed by atoms with Crippen LogP contribution < -0.4 is 21.3 Å². The lowest BCUT2D eigenvalue weighted by Gasteiger charge is -2.27. The van der Waals surface area contributed by atoms with Gasteiger partial charge in [-0.05, 0) is 30.9 Å². The highest BCUT2D eigenvalue weighted by Crippen LogP contribution is 2.16. The third-order valence-corrected chi connectivity index (χ3v) is 8.86. The zero-order valence-corrected chi connectivity index (χ0v) is 28.3. The lowest BCUT2D eigenvalue weighted by molar-refractivity contribution is -0.140. The second-order valence-electron chi connectivity index (χ2n) is 11.6. The molecule has 2 aromatic rings. The van der Waals surface area contributed by atoms with Gasteiger partial charge in [-0.3, -0.25) is 24.0 Å². The molecule has 4 atom stereocenters. The van der Waals surface area contributed by atoms with Crippen molar-refractivity contribution in [2.75, 3.05) is 0 Å². The molecule has 6 N–H and O–H groups in total. The maximum absolute atomic E-state index is 13.7. The number of carboxylic acids is 2. The molecule has 0 saturated heterocycles. The standard InChI is InChI=1S/C33H42N4O11S/c1-20(2)28(31(43)34-24(17-26(38)39)15-16-49(46,47)21(3)4)36-32(44)29(23-13-9-6-10-14-23)37-30(42)25(18-27(40)41)35-33(45)48-19-22-11-7-5-8-12-22/h5-16,20-21,24-25,28-29H,17-19H2,1-4H3,(H,34,43)(H,35,45)(H,36,44)(H,37,42)(H,38,39)(H,40,41)/b16-15+/t24-,25+,28+,29+/m1/s1. The van der Waals surface area contributed by atoms with E-state index in [4.69, 9.17) is 4.74 Å². The van der Waals surface area contributed by atoms with Gasteiger partial charge in [0, 0.05) is 5.41 Å². The minimum atomic E-state index is -3.72. The number of amides is 4. The summed E-state index contributed by atoms with van der Waals surface area (Å²) in [5.41, 5.74) is 0.898. The second-order valence-corrected chi connectivity index (χ2v) is 14.0. The molecule has 0 fully saturated rings. The number of alkyl carbamates (subject to hydrolysis) is 1. The highest BCUT2D eigenvalue weighted by molar-refractivity contribution is 7.94. The third kappa shape index (κ3) is 13.8. The van der Waals surface area contributed by atoms with Gasteiger partial charge in [-0.2, -0.15) is 0 Å². The summed E-state index contributed by atoms with van der Waals surface area (Å²) in [4.78, 5) is 75.9. The van der Waals surface area contributed by atoms with Crippen LogP contribution in [-0.4, -0.2) is 77.8 Å². The number of hydrogen-bond donors (Lipinski definition) is 6. The molecule has 0 bridgehead atoms. The lowest BCUT2D eigenvalue weighted by Crippen LogP contribution is -2.56. The van der Waals surface area contributed by atoms with E-state index in [1.165, 1.54) is 26.0 Å². The van der Waals surface area contributed by atoms with E-state index in [1.54, 1.807) is 62.4 Å². The Hall–Kier alpha value is -5.25. The number of hydrogen-bond acceptors (Lipinski definition) is 9. The van der Waals surface area contributed by atoms with Gasteiger partial charge in [0.2, 0.25) is 17.7 Å². The number of nitrogens with one attached hydrogen (secondary N) is 4. The number of sulfone groups is 1. The molecular weight excluding hydrogens is 660 g/mol. The molecule has 266 valence electrons. The maximum atomic E-state index is 13.7. The van der Waals surface area contributed by atoms with Crippen LogP contribution in [0.4, 0.5) is 4.79 Å². The highest BCUT2D eigenvalue weighted by atomic mass is 32.2. The Morgan fingerprint density at radius 3 is 1.84 bits per heavy atom. The summed E-state index contributed by atoms with van der Waals surface area (Å²) in [6, 6.07) is 10.8. The van der Waals surface area contributed by atoms with E-state index in [0.29, 0.717) is 5.56 Å². The van der Waals surface area contributed by atoms with Crippen molar-refractivity contribution < 1.29 is 52.1 Å². The molecule has 2 rings (SSSR count). The van der Waals surface area contributed by atoms with Gasteiger partial charge in [0.15, 0.2) is 9.84 Å². The van der Waals surface area contributed by atoms with Gasteiger partial charge in [-0.25, -0.2) is 13.2 Å². The third-order valence-electron chi connectivity index (χ3n) is 7.01. The van der Waals surface area contributed by atoms with Crippen molar-refractivity contribution >= 4 is 45.6 Å². The van der Waals surface area contributed by atoms with E-state index in [1.807, 2.05) is 0 Å². The van der Waals surface area contributed by atoms with Crippen LogP contribution in [-0.2, 0) is 45.2 Å². The molecule has 2 aromatic carbocycles. The van der Waals surface area contributed by atoms with E-state index in [2.05, 4.69) is 21.3 Å². The smallest absolute Gasteiger partial charge is 0.408 e. The predicted octanol–water partition coefficient (Wildman–Crippen LogP) is 2.05. The van der Waals surface area contributed by atoms with Crippen LogP contribution in [0.1, 0.15) is 57.7 Å². The largest absolute Gasteiger partial charge is 0.481 e. The summed E-state index contributed by atoms with van der Waals surface area (Å²) in [5.74, 6) is -6.07. The van der Waals surface area contributed by atoms with Crippen LogP contribution in [0.15, 0.2) is 72.1 Å². The number of aliphatic carboxylic acids is 2. The Labute approximate surface area is 284 Å². The summed E-state index contributed by atoms with van der Waals surface area (Å²) in [6.07, 6.45) is -1.53. The predicted molar refractivity (Wildman–Crippen MR) is 177 cm³/mol. The fraction of sp³-hybridized carbons (Fsp3) is 0.394. The number of carbonyl (C=O) groups excluding carboxylic acids is 4. The molecule has 0 aromatic heterocycles. The molecule has 0 unspecified atom stereocenters. The minimum absolute atomic E-state index is 0.154. The summed E-state index contributed by atoms with van der Waals surface area (Å²) in [6.45, 7) is 5.92. The topological polar surface area (TPSA) is 234 Å². The van der Waals surface area contributed by atoms with Crippen molar-refractivity contribution in [3.05, 3.63) is 83.3 Å². The zero-order chi connectivity index (χ0) is 36.7. The number of carbonyl (C=O) groups is 6. The van der Waals surface area contributed by atoms with Crippen LogP contribution in [0.25, 0.3) is 0 Å². The quantitative estimate of drug-likeness (QED) is 0.132. The van der Waals surface area contributed by atoms with Crippen molar-refractivity contribution in [3.8, 4) is 0 Å². The number of carboxylic acid groups (broad SMARTS) is 2. The summed E-state index contributed by atoms with van der Waals surface area (Å²) >= 11 is 0. The maximum Gasteiger partial charge on any atom is 0.408 e. The summed E-state index contributed by atoms with van der Waals surface area (Å²) in [7, 11) is -3.72. The van der Waals surface area contributed by atoms with Gasteiger partial charge >= 0.3 is 18.0 Å². The molecule has 0 aliphatic heterocycles. The number of ether oxygens (including phenoxy) is 1. The van der Waals surface area contributed by atoms with Crippen molar-refractivity contribution in [1.29, 1.82) is 0 Å². The average Bonchev–Trinajstić information content (AvgIpc) is 3.03. The molecule has 0 saturated carbocycles. The number of benzene rings is 2. The molecule has 16 heteroatoms. The SMILES string of the molecule is CC(C)[C@H](NC(=O)[C@@H](NC(=O)[C@H](CC(=O)O)NC(=O)OCc1ccccc1)c1ccccc1)C(=O)N[C@H](/C=C/S(=O)(=O)C(C)C)CC(=O)O. The second kappa shape index (κ2) is 18.9. The Morgan fingerprint density at radius 2 is 1.31 bits per heavy atom. The van der Waals surface area contributed by atoms with Crippen molar-refractivity contribution in [2.45, 2.75) is 76.6 Å². The van der Waals surface area contributed by atoms with Gasteiger partial charge in [-0.15, -0.1) is 0 Å². The lowest BCUT2D eigenvalue weighted by atomic mass is 10.00. The van der Waals surface area contributed by atoms with Gasteiger partial charge in [0.05, 0.1) is 24.1 Å². The Balaban J connectivity index is 2.28. The van der Waals surface area contributed by atoms with Gasteiger partial charge in [0.25, 0.3) is 0 Å². The van der Waals surface area contributed by atoms with E-state index >= 15 is 0 Å². The first-order chi connectivity index (χ1) is 23.0. The summed E-state index contributed by atoms with van der Waals surface area (Å²) in [5, 5.41) is 28.4.